The van der Waals surface area contributed by atoms with Gasteiger partial charge in [0, 0.05) is 0 Å². The number of aliphatic hydroxyl groups excluding tert-OH is 1. The molecule has 22 heavy (non-hydrogen) atoms. The Morgan fingerprint density at radius 1 is 1.14 bits per heavy atom. The van der Waals surface area contributed by atoms with Crippen LogP contribution in [0.15, 0.2) is 11.6 Å². The molecule has 2 aliphatic rings. The molecule has 0 aromatic carbocycles. The van der Waals surface area contributed by atoms with Crippen LogP contribution in [0.1, 0.15) is 79.6 Å². The summed E-state index contributed by atoms with van der Waals surface area (Å²) < 4.78 is 0. The van der Waals surface area contributed by atoms with Crippen LogP contribution in [0, 0.1) is 22.7 Å². The van der Waals surface area contributed by atoms with Gasteiger partial charge in [-0.25, -0.2) is 0 Å². The zero-order chi connectivity index (χ0) is 16.6. The van der Waals surface area contributed by atoms with Gasteiger partial charge in [0.15, 0.2) is 0 Å². The second-order valence-electron chi connectivity index (χ2n) is 9.12. The summed E-state index contributed by atoms with van der Waals surface area (Å²) in [4.78, 5) is 0. The Labute approximate surface area is 137 Å². The molecule has 2 nitrogen and oxygen atoms in total. The summed E-state index contributed by atoms with van der Waals surface area (Å²) in [5.74, 6) is 1.08. The number of aliphatic hydroxyl groups is 2. The molecule has 2 fully saturated rings. The maximum atomic E-state index is 11.1. The molecule has 2 saturated carbocycles. The number of hydrogen-bond donors (Lipinski definition) is 2. The van der Waals surface area contributed by atoms with Crippen LogP contribution in [0.4, 0.5) is 0 Å². The van der Waals surface area contributed by atoms with Crippen LogP contribution in [0.25, 0.3) is 0 Å². The van der Waals surface area contributed by atoms with Gasteiger partial charge >= 0.3 is 0 Å². The lowest BCUT2D eigenvalue weighted by Crippen LogP contribution is -2.57. The van der Waals surface area contributed by atoms with Crippen LogP contribution in [0.3, 0.4) is 0 Å². The third-order valence-corrected chi connectivity index (χ3v) is 7.03. The molecule has 0 radical (unpaired) electrons. The maximum Gasteiger partial charge on any atom is 0.0653 e. The summed E-state index contributed by atoms with van der Waals surface area (Å²) in [6.07, 6.45) is 9.90. The summed E-state index contributed by atoms with van der Waals surface area (Å²) in [7, 11) is 0. The van der Waals surface area contributed by atoms with E-state index in [9.17, 15) is 5.11 Å². The Morgan fingerprint density at radius 3 is 2.45 bits per heavy atom. The van der Waals surface area contributed by atoms with Gasteiger partial charge in [0.25, 0.3) is 0 Å². The molecule has 0 aromatic rings. The first-order valence-corrected chi connectivity index (χ1v) is 9.12. The first-order valence-electron chi connectivity index (χ1n) is 9.12. The minimum atomic E-state index is -0.543. The van der Waals surface area contributed by atoms with Crippen LogP contribution in [0.5, 0.6) is 0 Å². The van der Waals surface area contributed by atoms with Crippen molar-refractivity contribution in [3.05, 3.63) is 11.6 Å². The van der Waals surface area contributed by atoms with Gasteiger partial charge in [-0.05, 0) is 75.0 Å². The molecule has 0 amide bonds. The topological polar surface area (TPSA) is 40.5 Å². The lowest BCUT2D eigenvalue weighted by Gasteiger charge is -2.61. The molecule has 0 aliphatic heterocycles. The van der Waals surface area contributed by atoms with E-state index in [-0.39, 0.29) is 12.0 Å². The highest BCUT2D eigenvalue weighted by molar-refractivity contribution is 5.09. The molecule has 1 unspecified atom stereocenters. The minimum Gasteiger partial charge on any atom is -0.392 e. The average molecular weight is 309 g/mol. The van der Waals surface area contributed by atoms with Crippen molar-refractivity contribution >= 4 is 0 Å². The smallest absolute Gasteiger partial charge is 0.0653 e. The van der Waals surface area contributed by atoms with E-state index >= 15 is 0 Å². The van der Waals surface area contributed by atoms with Crippen LogP contribution < -0.4 is 0 Å². The second-order valence-corrected chi connectivity index (χ2v) is 9.12. The van der Waals surface area contributed by atoms with Gasteiger partial charge in [-0.2, -0.15) is 0 Å². The lowest BCUT2D eigenvalue weighted by molar-refractivity contribution is -0.168. The molecular formula is C20H36O2. The van der Waals surface area contributed by atoms with E-state index in [0.717, 1.165) is 25.2 Å². The van der Waals surface area contributed by atoms with E-state index < -0.39 is 5.60 Å². The van der Waals surface area contributed by atoms with E-state index in [4.69, 9.17) is 5.11 Å². The Hall–Kier alpha value is -0.340. The monoisotopic (exact) mass is 308 g/mol. The van der Waals surface area contributed by atoms with Crippen molar-refractivity contribution in [3.63, 3.8) is 0 Å². The normalized spacial score (nSPS) is 42.0. The SMILES string of the molecule is CC(=CCO)CCC1[C@@](C)(O)CC[C@H]2C(C)(C)CCC[C@]12C. The highest BCUT2D eigenvalue weighted by Gasteiger charge is 2.57. The fourth-order valence-electron chi connectivity index (χ4n) is 5.90. The van der Waals surface area contributed by atoms with Gasteiger partial charge in [-0.3, -0.25) is 0 Å². The van der Waals surface area contributed by atoms with E-state index in [1.165, 1.54) is 31.3 Å². The molecule has 0 spiro atoms. The van der Waals surface area contributed by atoms with Crippen molar-refractivity contribution in [2.24, 2.45) is 22.7 Å². The van der Waals surface area contributed by atoms with Gasteiger partial charge in [0.2, 0.25) is 0 Å². The lowest BCUT2D eigenvalue weighted by atomic mass is 9.45. The highest BCUT2D eigenvalue weighted by Crippen LogP contribution is 2.62. The summed E-state index contributed by atoms with van der Waals surface area (Å²) >= 11 is 0. The van der Waals surface area contributed by atoms with Gasteiger partial charge in [-0.1, -0.05) is 38.8 Å². The first-order chi connectivity index (χ1) is 10.1. The zero-order valence-corrected chi connectivity index (χ0v) is 15.3. The zero-order valence-electron chi connectivity index (χ0n) is 15.3. The van der Waals surface area contributed by atoms with Crippen molar-refractivity contribution < 1.29 is 10.2 Å². The van der Waals surface area contributed by atoms with Crippen LogP contribution in [0.2, 0.25) is 0 Å². The molecule has 0 heterocycles. The Morgan fingerprint density at radius 2 is 1.82 bits per heavy atom. The molecule has 0 bridgehead atoms. The fraction of sp³-hybridized carbons (Fsp3) is 0.900. The van der Waals surface area contributed by atoms with Gasteiger partial charge in [-0.15, -0.1) is 0 Å². The Balaban J connectivity index is 2.24. The molecule has 128 valence electrons. The average Bonchev–Trinajstić information content (AvgIpc) is 2.36. The van der Waals surface area contributed by atoms with Gasteiger partial charge < -0.3 is 10.2 Å². The number of allylic oxidation sites excluding steroid dienone is 1. The summed E-state index contributed by atoms with van der Waals surface area (Å²) in [6, 6.07) is 0. The van der Waals surface area contributed by atoms with Crippen LogP contribution in [-0.4, -0.2) is 22.4 Å². The predicted octanol–water partition coefficient (Wildman–Crippen LogP) is 4.70. The molecule has 2 aliphatic carbocycles. The van der Waals surface area contributed by atoms with Crippen molar-refractivity contribution in [1.29, 1.82) is 0 Å². The molecule has 0 aromatic heterocycles. The van der Waals surface area contributed by atoms with Crippen molar-refractivity contribution in [2.75, 3.05) is 6.61 Å². The van der Waals surface area contributed by atoms with Crippen molar-refractivity contribution in [3.8, 4) is 0 Å². The minimum absolute atomic E-state index is 0.125. The third-order valence-electron chi connectivity index (χ3n) is 7.03. The molecule has 0 saturated heterocycles. The van der Waals surface area contributed by atoms with E-state index in [2.05, 4.69) is 34.6 Å². The summed E-state index contributed by atoms with van der Waals surface area (Å²) in [6.45, 7) is 11.6. The molecule has 4 atom stereocenters. The third kappa shape index (κ3) is 3.28. The van der Waals surface area contributed by atoms with E-state index in [1.807, 2.05) is 6.08 Å². The van der Waals surface area contributed by atoms with Gasteiger partial charge in [0.05, 0.1) is 12.2 Å². The summed E-state index contributed by atoms with van der Waals surface area (Å²) in [5.41, 5.74) is 1.36. The summed E-state index contributed by atoms with van der Waals surface area (Å²) in [5, 5.41) is 20.1. The standard InChI is InChI=1S/C20H36O2/c1-15(10-14-21)7-8-17-19(4)12-6-11-18(2,3)16(19)9-13-20(17,5)22/h10,16-17,21-22H,6-9,11-14H2,1-5H3/t16-,17?,19-,20-/m0/s1. The number of fused-ring (bicyclic) bond motifs is 1. The number of hydrogen-bond acceptors (Lipinski definition) is 2. The fourth-order valence-corrected chi connectivity index (χ4v) is 5.90. The van der Waals surface area contributed by atoms with E-state index in [0.29, 0.717) is 11.3 Å². The maximum absolute atomic E-state index is 11.1. The Kier molecular flexibility index (Phi) is 5.14. The quantitative estimate of drug-likeness (QED) is 0.739. The second kappa shape index (κ2) is 6.28. The molecule has 2 heteroatoms. The van der Waals surface area contributed by atoms with Crippen molar-refractivity contribution in [2.45, 2.75) is 85.2 Å². The Bertz CT molecular complexity index is 421. The van der Waals surface area contributed by atoms with Crippen molar-refractivity contribution in [1.82, 2.24) is 0 Å². The highest BCUT2D eigenvalue weighted by atomic mass is 16.3. The van der Waals surface area contributed by atoms with E-state index in [1.54, 1.807) is 0 Å². The molecule has 2 rings (SSSR count). The predicted molar refractivity (Wildman–Crippen MR) is 92.7 cm³/mol. The largest absolute Gasteiger partial charge is 0.392 e. The molecular weight excluding hydrogens is 272 g/mol. The van der Waals surface area contributed by atoms with Gasteiger partial charge in [0.1, 0.15) is 0 Å². The first kappa shape index (κ1) is 18.0. The molecule has 2 N–H and O–H groups in total. The van der Waals surface area contributed by atoms with Crippen LogP contribution in [-0.2, 0) is 0 Å². The number of rotatable bonds is 4. The van der Waals surface area contributed by atoms with Crippen LogP contribution >= 0.6 is 0 Å².